The summed E-state index contributed by atoms with van der Waals surface area (Å²) in [5.41, 5.74) is 0. The number of hydrogen-bond donors (Lipinski definition) is 0. The number of aliphatic imine (C=N–C) groups is 1. The van der Waals surface area contributed by atoms with Crippen molar-refractivity contribution < 1.29 is 0 Å². The van der Waals surface area contributed by atoms with Gasteiger partial charge in [0.2, 0.25) is 0 Å². The van der Waals surface area contributed by atoms with Gasteiger partial charge >= 0.3 is 0 Å². The molecule has 21 heavy (non-hydrogen) atoms. The predicted molar refractivity (Wildman–Crippen MR) is 106 cm³/mol. The van der Waals surface area contributed by atoms with Gasteiger partial charge in [-0.25, -0.2) is 0 Å². The first kappa shape index (κ1) is 20.6. The molecule has 0 unspecified atom stereocenters. The third-order valence-corrected chi connectivity index (χ3v) is 12.3. The maximum Gasteiger partial charge on any atom is 0.0795 e. The van der Waals surface area contributed by atoms with E-state index in [1.807, 2.05) is 0 Å². The standard InChI is InChI=1S/C18H37NSi2/c1-17(2)20(5,6)15-12-10-9-11-13-19-14-16-21(7,8)18(3)4/h14H,1,3,9-13,15-16H2,2,4-8H3. The average molecular weight is 324 g/mol. The van der Waals surface area contributed by atoms with Crippen molar-refractivity contribution in [3.8, 4) is 0 Å². The maximum atomic E-state index is 4.58. The molecule has 0 aromatic heterocycles. The van der Waals surface area contributed by atoms with Crippen LogP contribution in [0.25, 0.3) is 0 Å². The van der Waals surface area contributed by atoms with Gasteiger partial charge in [0.15, 0.2) is 0 Å². The highest BCUT2D eigenvalue weighted by atomic mass is 28.3. The molecule has 0 bridgehead atoms. The molecule has 0 aromatic carbocycles. The fourth-order valence-electron chi connectivity index (χ4n) is 1.90. The minimum absolute atomic E-state index is 1.00. The molecule has 0 spiro atoms. The van der Waals surface area contributed by atoms with Crippen molar-refractivity contribution in [2.24, 2.45) is 4.99 Å². The monoisotopic (exact) mass is 323 g/mol. The first-order valence-electron chi connectivity index (χ1n) is 8.40. The van der Waals surface area contributed by atoms with Crippen molar-refractivity contribution in [2.75, 3.05) is 6.54 Å². The topological polar surface area (TPSA) is 12.4 Å². The van der Waals surface area contributed by atoms with Gasteiger partial charge in [-0.3, -0.25) is 4.99 Å². The summed E-state index contributed by atoms with van der Waals surface area (Å²) in [7, 11) is -2.36. The zero-order valence-corrected chi connectivity index (χ0v) is 17.4. The Morgan fingerprint density at radius 2 is 1.38 bits per heavy atom. The molecule has 0 aliphatic carbocycles. The first-order valence-corrected chi connectivity index (χ1v) is 14.8. The van der Waals surface area contributed by atoms with Crippen molar-refractivity contribution >= 4 is 22.4 Å². The summed E-state index contributed by atoms with van der Waals surface area (Å²) < 4.78 is 0. The summed E-state index contributed by atoms with van der Waals surface area (Å²) in [4.78, 5) is 4.58. The van der Waals surface area contributed by atoms with Crippen LogP contribution in [0.1, 0.15) is 39.5 Å². The molecule has 0 aromatic rings. The molecule has 0 N–H and O–H groups in total. The molecule has 1 nitrogen and oxygen atoms in total. The van der Waals surface area contributed by atoms with E-state index >= 15 is 0 Å². The normalized spacial score (nSPS) is 12.9. The summed E-state index contributed by atoms with van der Waals surface area (Å²) in [6, 6.07) is 2.53. The van der Waals surface area contributed by atoms with E-state index in [-0.39, 0.29) is 0 Å². The smallest absolute Gasteiger partial charge is 0.0795 e. The fourth-order valence-corrected chi connectivity index (χ4v) is 4.39. The molecule has 0 amide bonds. The quantitative estimate of drug-likeness (QED) is 0.241. The molecule has 3 heteroatoms. The van der Waals surface area contributed by atoms with Crippen LogP contribution in [0.2, 0.25) is 38.3 Å². The Balaban J connectivity index is 3.66. The van der Waals surface area contributed by atoms with Crippen LogP contribution in [0.5, 0.6) is 0 Å². The molecule has 0 fully saturated rings. The number of allylic oxidation sites excluding steroid dienone is 2. The second kappa shape index (κ2) is 9.57. The van der Waals surface area contributed by atoms with Gasteiger partial charge in [-0.15, -0.1) is 13.2 Å². The molecular formula is C18H37NSi2. The van der Waals surface area contributed by atoms with Gasteiger partial charge < -0.3 is 0 Å². The van der Waals surface area contributed by atoms with Crippen molar-refractivity contribution in [1.29, 1.82) is 0 Å². The highest BCUT2D eigenvalue weighted by Crippen LogP contribution is 2.21. The molecular weight excluding hydrogens is 286 g/mol. The number of unbranched alkanes of at least 4 members (excludes halogenated alkanes) is 3. The van der Waals surface area contributed by atoms with Crippen LogP contribution in [0.15, 0.2) is 28.5 Å². The summed E-state index contributed by atoms with van der Waals surface area (Å²) in [6.07, 6.45) is 7.43. The van der Waals surface area contributed by atoms with Gasteiger partial charge in [-0.05, 0) is 32.5 Å². The van der Waals surface area contributed by atoms with Gasteiger partial charge in [0.05, 0.1) is 16.1 Å². The molecule has 0 aliphatic rings. The Bertz CT molecular complexity index is 367. The lowest BCUT2D eigenvalue weighted by molar-refractivity contribution is 0.672. The molecule has 122 valence electrons. The summed E-state index contributed by atoms with van der Waals surface area (Å²) >= 11 is 0. The highest BCUT2D eigenvalue weighted by molar-refractivity contribution is 6.85. The summed E-state index contributed by atoms with van der Waals surface area (Å²) in [5, 5.41) is 2.81. The molecule has 0 saturated heterocycles. The molecule has 0 rings (SSSR count). The molecule has 0 aliphatic heterocycles. The second-order valence-corrected chi connectivity index (χ2v) is 17.9. The third-order valence-electron chi connectivity index (χ3n) is 4.88. The van der Waals surface area contributed by atoms with E-state index in [0.717, 1.165) is 12.6 Å². The lowest BCUT2D eigenvalue weighted by Gasteiger charge is -2.22. The second-order valence-electron chi connectivity index (χ2n) is 7.79. The molecule has 0 saturated carbocycles. The number of hydrogen-bond acceptors (Lipinski definition) is 1. The van der Waals surface area contributed by atoms with Gasteiger partial charge in [0.1, 0.15) is 0 Å². The third kappa shape index (κ3) is 9.25. The Labute approximate surface area is 135 Å². The zero-order valence-electron chi connectivity index (χ0n) is 15.4. The van der Waals surface area contributed by atoms with Crippen LogP contribution >= 0.6 is 0 Å². The lowest BCUT2D eigenvalue weighted by atomic mass is 10.2. The maximum absolute atomic E-state index is 4.58. The van der Waals surface area contributed by atoms with Crippen LogP contribution in [-0.2, 0) is 0 Å². The predicted octanol–water partition coefficient (Wildman–Crippen LogP) is 6.27. The van der Waals surface area contributed by atoms with Crippen molar-refractivity contribution in [2.45, 2.75) is 77.8 Å². The van der Waals surface area contributed by atoms with E-state index in [4.69, 9.17) is 0 Å². The average Bonchev–Trinajstić information content (AvgIpc) is 2.36. The van der Waals surface area contributed by atoms with E-state index in [1.54, 1.807) is 0 Å². The minimum Gasteiger partial charge on any atom is -0.298 e. The van der Waals surface area contributed by atoms with Crippen LogP contribution in [-0.4, -0.2) is 28.9 Å². The Kier molecular flexibility index (Phi) is 9.38. The van der Waals surface area contributed by atoms with Crippen LogP contribution in [0.3, 0.4) is 0 Å². The Morgan fingerprint density at radius 3 is 1.90 bits per heavy atom. The van der Waals surface area contributed by atoms with E-state index < -0.39 is 16.1 Å². The Morgan fingerprint density at radius 1 is 0.857 bits per heavy atom. The van der Waals surface area contributed by atoms with E-state index in [2.05, 4.69) is 64.4 Å². The number of nitrogens with zero attached hydrogens (tertiary/aromatic N) is 1. The first-order chi connectivity index (χ1) is 9.59. The highest BCUT2D eigenvalue weighted by Gasteiger charge is 2.20. The van der Waals surface area contributed by atoms with Gasteiger partial charge in [-0.1, -0.05) is 61.9 Å². The summed E-state index contributed by atoms with van der Waals surface area (Å²) in [5.74, 6) is 0. The minimum atomic E-state index is -1.24. The van der Waals surface area contributed by atoms with E-state index in [1.165, 1.54) is 42.1 Å². The fraction of sp³-hybridized carbons (Fsp3) is 0.722. The van der Waals surface area contributed by atoms with Crippen molar-refractivity contribution in [3.05, 3.63) is 23.6 Å². The van der Waals surface area contributed by atoms with Crippen LogP contribution in [0.4, 0.5) is 0 Å². The van der Waals surface area contributed by atoms with Gasteiger partial charge in [-0.2, -0.15) is 0 Å². The van der Waals surface area contributed by atoms with Gasteiger partial charge in [0, 0.05) is 6.54 Å². The molecule has 0 atom stereocenters. The van der Waals surface area contributed by atoms with Crippen LogP contribution in [0, 0.1) is 0 Å². The van der Waals surface area contributed by atoms with Crippen LogP contribution < -0.4 is 0 Å². The summed E-state index contributed by atoms with van der Waals surface area (Å²) in [6.45, 7) is 23.2. The van der Waals surface area contributed by atoms with E-state index in [0.29, 0.717) is 0 Å². The number of rotatable bonds is 11. The molecule has 0 radical (unpaired) electrons. The van der Waals surface area contributed by atoms with Crippen molar-refractivity contribution in [3.63, 3.8) is 0 Å². The SMILES string of the molecule is C=C(C)[Si](C)(C)CC=NCCCCCC[Si](C)(C)C(=C)C. The zero-order chi connectivity index (χ0) is 16.5. The lowest BCUT2D eigenvalue weighted by Crippen LogP contribution is -2.27. The van der Waals surface area contributed by atoms with Crippen molar-refractivity contribution in [1.82, 2.24) is 0 Å². The Hall–Kier alpha value is -0.416. The van der Waals surface area contributed by atoms with E-state index in [9.17, 15) is 0 Å². The molecule has 0 heterocycles. The largest absolute Gasteiger partial charge is 0.298 e. The van der Waals surface area contributed by atoms with Gasteiger partial charge in [0.25, 0.3) is 0 Å².